The quantitative estimate of drug-likeness (QED) is 0.241. The first-order valence-corrected chi connectivity index (χ1v) is 12.7. The van der Waals surface area contributed by atoms with Gasteiger partial charge in [-0.3, -0.25) is 4.90 Å². The number of hydrogen-bond acceptors (Lipinski definition) is 3. The lowest BCUT2D eigenvalue weighted by Gasteiger charge is -2.21. The molecule has 7 aromatic rings. The average molecular weight is 489 g/mol. The molecule has 1 heterocycles. The van der Waals surface area contributed by atoms with Crippen molar-refractivity contribution in [2.75, 3.05) is 4.90 Å². The molecule has 6 aromatic carbocycles. The van der Waals surface area contributed by atoms with Gasteiger partial charge in [-0.2, -0.15) is 4.98 Å². The smallest absolute Gasteiger partial charge is 0.307 e. The van der Waals surface area contributed by atoms with Crippen LogP contribution in [-0.4, -0.2) is 4.98 Å². The molecule has 0 amide bonds. The van der Waals surface area contributed by atoms with Crippen molar-refractivity contribution in [2.24, 2.45) is 0 Å². The molecule has 0 spiro atoms. The Morgan fingerprint density at radius 2 is 0.947 bits per heavy atom. The third kappa shape index (κ3) is 4.00. The van der Waals surface area contributed by atoms with Crippen molar-refractivity contribution in [3.8, 4) is 22.3 Å². The summed E-state index contributed by atoms with van der Waals surface area (Å²) in [5.41, 5.74) is 8.29. The summed E-state index contributed by atoms with van der Waals surface area (Å²) in [5.74, 6) is 0. The number of rotatable bonds is 5. The van der Waals surface area contributed by atoms with Gasteiger partial charge in [0.2, 0.25) is 0 Å². The fourth-order valence-electron chi connectivity index (χ4n) is 4.98. The van der Waals surface area contributed by atoms with Gasteiger partial charge in [0.15, 0.2) is 5.58 Å². The van der Waals surface area contributed by atoms with Crippen LogP contribution in [0.15, 0.2) is 150 Å². The fourth-order valence-corrected chi connectivity index (χ4v) is 4.98. The van der Waals surface area contributed by atoms with Gasteiger partial charge in [-0.05, 0) is 58.0 Å². The van der Waals surface area contributed by atoms with Gasteiger partial charge in [0.1, 0.15) is 5.52 Å². The number of oxazole rings is 1. The van der Waals surface area contributed by atoms with E-state index in [-0.39, 0.29) is 0 Å². The number of aromatic nitrogens is 1. The van der Waals surface area contributed by atoms with E-state index in [2.05, 4.69) is 120 Å². The molecule has 0 aliphatic rings. The summed E-state index contributed by atoms with van der Waals surface area (Å²) < 4.78 is 6.39. The number of anilines is 3. The summed E-state index contributed by atoms with van der Waals surface area (Å²) in [5, 5.41) is 2.23. The Morgan fingerprint density at radius 1 is 0.447 bits per heavy atom. The average Bonchev–Trinajstić information content (AvgIpc) is 3.43. The summed E-state index contributed by atoms with van der Waals surface area (Å²) in [7, 11) is 0. The maximum atomic E-state index is 6.39. The molecular formula is C35H24N2O. The Labute approximate surface area is 221 Å². The summed E-state index contributed by atoms with van der Waals surface area (Å²) in [6.07, 6.45) is 0. The molecule has 3 nitrogen and oxygen atoms in total. The van der Waals surface area contributed by atoms with Crippen LogP contribution >= 0.6 is 0 Å². The second-order valence-corrected chi connectivity index (χ2v) is 9.29. The normalized spacial score (nSPS) is 11.2. The third-order valence-corrected chi connectivity index (χ3v) is 6.93. The molecule has 0 saturated carbocycles. The first-order valence-electron chi connectivity index (χ1n) is 12.7. The number of nitrogens with zero attached hydrogens (tertiary/aromatic N) is 2. The molecule has 1 aromatic heterocycles. The van der Waals surface area contributed by atoms with Crippen molar-refractivity contribution in [2.45, 2.75) is 0 Å². The van der Waals surface area contributed by atoms with Crippen LogP contribution in [0, 0.1) is 0 Å². The number of benzene rings is 6. The van der Waals surface area contributed by atoms with E-state index in [0.29, 0.717) is 6.01 Å². The number of fused-ring (bicyclic) bond motifs is 3. The summed E-state index contributed by atoms with van der Waals surface area (Å²) in [6, 6.07) is 50.8. The first-order chi connectivity index (χ1) is 18.8. The zero-order chi connectivity index (χ0) is 25.3. The fraction of sp³-hybridized carbons (Fsp3) is 0. The zero-order valence-electron chi connectivity index (χ0n) is 20.7. The predicted octanol–water partition coefficient (Wildman–Crippen LogP) is 9.78. The van der Waals surface area contributed by atoms with Crippen molar-refractivity contribution in [3.63, 3.8) is 0 Å². The van der Waals surface area contributed by atoms with Crippen molar-refractivity contribution >= 4 is 39.3 Å². The van der Waals surface area contributed by atoms with E-state index in [1.54, 1.807) is 0 Å². The predicted molar refractivity (Wildman–Crippen MR) is 157 cm³/mol. The lowest BCUT2D eigenvalue weighted by atomic mass is 10.0. The molecule has 0 radical (unpaired) electrons. The van der Waals surface area contributed by atoms with Crippen molar-refractivity contribution in [1.29, 1.82) is 0 Å². The molecule has 7 rings (SSSR count). The molecule has 0 unspecified atom stereocenters. The van der Waals surface area contributed by atoms with Crippen molar-refractivity contribution in [1.82, 2.24) is 4.98 Å². The van der Waals surface area contributed by atoms with Crippen LogP contribution in [0.3, 0.4) is 0 Å². The van der Waals surface area contributed by atoms with E-state index in [9.17, 15) is 0 Å². The van der Waals surface area contributed by atoms with Gasteiger partial charge in [0.25, 0.3) is 0 Å². The van der Waals surface area contributed by atoms with Gasteiger partial charge in [-0.25, -0.2) is 0 Å². The van der Waals surface area contributed by atoms with E-state index in [1.165, 1.54) is 11.1 Å². The van der Waals surface area contributed by atoms with Gasteiger partial charge in [-0.15, -0.1) is 0 Å². The van der Waals surface area contributed by atoms with E-state index >= 15 is 0 Å². The third-order valence-electron chi connectivity index (χ3n) is 6.93. The van der Waals surface area contributed by atoms with Crippen molar-refractivity contribution < 1.29 is 4.42 Å². The molecule has 0 bridgehead atoms. The molecule has 0 aliphatic heterocycles. The largest absolute Gasteiger partial charge is 0.423 e. The van der Waals surface area contributed by atoms with Crippen LogP contribution in [0.1, 0.15) is 0 Å². The molecule has 0 fully saturated rings. The molecule has 3 heteroatoms. The van der Waals surface area contributed by atoms with E-state index in [4.69, 9.17) is 9.40 Å². The Balaban J connectivity index is 1.35. The lowest BCUT2D eigenvalue weighted by Crippen LogP contribution is -2.10. The van der Waals surface area contributed by atoms with Gasteiger partial charge >= 0.3 is 6.01 Å². The van der Waals surface area contributed by atoms with Crippen LogP contribution in [0.4, 0.5) is 17.4 Å². The van der Waals surface area contributed by atoms with Gasteiger partial charge < -0.3 is 4.42 Å². The molecule has 0 N–H and O–H groups in total. The van der Waals surface area contributed by atoms with Crippen molar-refractivity contribution in [3.05, 3.63) is 146 Å². The summed E-state index contributed by atoms with van der Waals surface area (Å²) in [4.78, 5) is 7.10. The maximum absolute atomic E-state index is 6.39. The van der Waals surface area contributed by atoms with Crippen LogP contribution in [0.5, 0.6) is 0 Å². The SMILES string of the molecule is c1ccc(-c2ccc(N(c3ccc(-c4ccccc4)cc3)c3nc4c(ccc5ccccc54)o3)cc2)cc1. The molecule has 38 heavy (non-hydrogen) atoms. The molecule has 0 atom stereocenters. The van der Waals surface area contributed by atoms with Gasteiger partial charge in [0, 0.05) is 5.39 Å². The highest BCUT2D eigenvalue weighted by atomic mass is 16.4. The highest BCUT2D eigenvalue weighted by molar-refractivity contribution is 6.04. The highest BCUT2D eigenvalue weighted by Crippen LogP contribution is 2.38. The minimum absolute atomic E-state index is 0.538. The monoisotopic (exact) mass is 488 g/mol. The second-order valence-electron chi connectivity index (χ2n) is 9.29. The van der Waals surface area contributed by atoms with E-state index in [0.717, 1.165) is 44.4 Å². The Morgan fingerprint density at radius 3 is 1.53 bits per heavy atom. The van der Waals surface area contributed by atoms with Crippen LogP contribution in [0.25, 0.3) is 44.1 Å². The van der Waals surface area contributed by atoms with Crippen LogP contribution in [-0.2, 0) is 0 Å². The second kappa shape index (κ2) is 9.38. The van der Waals surface area contributed by atoms with Gasteiger partial charge in [0.05, 0.1) is 11.4 Å². The first kappa shape index (κ1) is 22.1. The van der Waals surface area contributed by atoms with Crippen LogP contribution in [0.2, 0.25) is 0 Å². The molecule has 0 saturated heterocycles. The molecule has 180 valence electrons. The zero-order valence-corrected chi connectivity index (χ0v) is 20.7. The summed E-state index contributed by atoms with van der Waals surface area (Å²) >= 11 is 0. The highest BCUT2D eigenvalue weighted by Gasteiger charge is 2.20. The minimum Gasteiger partial charge on any atom is -0.423 e. The maximum Gasteiger partial charge on any atom is 0.307 e. The minimum atomic E-state index is 0.538. The number of hydrogen-bond donors (Lipinski definition) is 0. The Kier molecular flexibility index (Phi) is 5.45. The Bertz CT molecular complexity index is 1760. The standard InChI is InChI=1S/C35H24N2O/c1-3-9-25(10-4-1)27-15-20-30(21-16-27)37(31-22-17-28(18-23-31)26-11-5-2-6-12-26)35-36-34-32-14-8-7-13-29(32)19-24-33(34)38-35/h1-24H. The summed E-state index contributed by atoms with van der Waals surface area (Å²) in [6.45, 7) is 0. The molecule has 0 aliphatic carbocycles. The molecular weight excluding hydrogens is 464 g/mol. The van der Waals surface area contributed by atoms with E-state index in [1.807, 2.05) is 30.3 Å². The van der Waals surface area contributed by atoms with Gasteiger partial charge in [-0.1, -0.05) is 115 Å². The Hall–Kier alpha value is -5.15. The van der Waals surface area contributed by atoms with Crippen LogP contribution < -0.4 is 4.90 Å². The van der Waals surface area contributed by atoms with E-state index < -0.39 is 0 Å². The lowest BCUT2D eigenvalue weighted by molar-refractivity contribution is 0.608. The topological polar surface area (TPSA) is 29.3 Å².